The highest BCUT2D eigenvalue weighted by Gasteiger charge is 2.10. The van der Waals surface area contributed by atoms with Crippen LogP contribution in [0.15, 0.2) is 65.4 Å². The molecule has 104 valence electrons. The lowest BCUT2D eigenvalue weighted by atomic mass is 10.0. The zero-order valence-corrected chi connectivity index (χ0v) is 12.8. The first kappa shape index (κ1) is 13.8. The molecule has 4 heteroatoms. The van der Waals surface area contributed by atoms with Crippen molar-refractivity contribution in [1.29, 1.82) is 0 Å². The minimum Gasteiger partial charge on any atom is -0.348 e. The monoisotopic (exact) mass is 340 g/mol. The average molecular weight is 341 g/mol. The van der Waals surface area contributed by atoms with E-state index < -0.39 is 0 Å². The summed E-state index contributed by atoms with van der Waals surface area (Å²) in [5, 5.41) is 4.91. The summed E-state index contributed by atoms with van der Waals surface area (Å²) in [5.74, 6) is -0.0810. The smallest absolute Gasteiger partial charge is 0.252 e. The number of hydrogen-bond donors (Lipinski definition) is 1. The molecule has 0 saturated heterocycles. The predicted octanol–water partition coefficient (Wildman–Crippen LogP) is 3.93. The van der Waals surface area contributed by atoms with E-state index in [0.717, 1.165) is 20.8 Å². The second-order valence-corrected chi connectivity index (χ2v) is 5.54. The van der Waals surface area contributed by atoms with E-state index in [1.54, 1.807) is 12.4 Å². The number of amides is 1. The largest absolute Gasteiger partial charge is 0.348 e. The Balaban J connectivity index is 1.87. The second-order valence-electron chi connectivity index (χ2n) is 4.68. The van der Waals surface area contributed by atoms with Gasteiger partial charge >= 0.3 is 0 Å². The van der Waals surface area contributed by atoms with E-state index in [1.165, 1.54) is 0 Å². The molecule has 2 aromatic carbocycles. The number of benzene rings is 2. The number of nitrogens with zero attached hydrogens (tertiary/aromatic N) is 1. The van der Waals surface area contributed by atoms with Gasteiger partial charge in [0.2, 0.25) is 0 Å². The fraction of sp³-hybridized carbons (Fsp3) is 0.0588. The van der Waals surface area contributed by atoms with E-state index in [9.17, 15) is 4.79 Å². The zero-order valence-electron chi connectivity index (χ0n) is 11.2. The van der Waals surface area contributed by atoms with Gasteiger partial charge in [-0.15, -0.1) is 0 Å². The first-order valence-electron chi connectivity index (χ1n) is 6.60. The van der Waals surface area contributed by atoms with E-state index in [0.29, 0.717) is 12.1 Å². The van der Waals surface area contributed by atoms with Crippen LogP contribution in [-0.4, -0.2) is 10.9 Å². The van der Waals surface area contributed by atoms with Crippen molar-refractivity contribution in [3.05, 3.63) is 76.5 Å². The van der Waals surface area contributed by atoms with Crippen molar-refractivity contribution < 1.29 is 4.79 Å². The summed E-state index contributed by atoms with van der Waals surface area (Å²) >= 11 is 3.52. The van der Waals surface area contributed by atoms with Crippen LogP contribution < -0.4 is 5.32 Å². The van der Waals surface area contributed by atoms with E-state index >= 15 is 0 Å². The van der Waals surface area contributed by atoms with Gasteiger partial charge in [0.15, 0.2) is 0 Å². The molecular formula is C17H13BrN2O. The third-order valence-corrected chi connectivity index (χ3v) is 3.98. The summed E-state index contributed by atoms with van der Waals surface area (Å²) < 4.78 is 0.988. The fourth-order valence-electron chi connectivity index (χ4n) is 2.25. The summed E-state index contributed by atoms with van der Waals surface area (Å²) in [4.78, 5) is 16.4. The van der Waals surface area contributed by atoms with Crippen LogP contribution in [0.5, 0.6) is 0 Å². The lowest BCUT2D eigenvalue weighted by Crippen LogP contribution is -2.23. The SMILES string of the molecule is O=C(NCc1cccnc1)c1cccc2c(Br)cccc12. The molecule has 0 fully saturated rings. The number of carbonyl (C=O) groups excluding carboxylic acids is 1. The van der Waals surface area contributed by atoms with E-state index in [-0.39, 0.29) is 5.91 Å². The number of halogens is 1. The van der Waals surface area contributed by atoms with Gasteiger partial charge < -0.3 is 5.32 Å². The Morgan fingerprint density at radius 3 is 2.67 bits per heavy atom. The van der Waals surface area contributed by atoms with Gasteiger partial charge in [-0.3, -0.25) is 9.78 Å². The molecule has 0 aliphatic heterocycles. The molecule has 0 aliphatic rings. The summed E-state index contributed by atoms with van der Waals surface area (Å²) in [6, 6.07) is 15.4. The Labute approximate surface area is 131 Å². The third kappa shape index (κ3) is 2.95. The Kier molecular flexibility index (Phi) is 3.97. The van der Waals surface area contributed by atoms with Crippen molar-refractivity contribution in [1.82, 2.24) is 10.3 Å². The van der Waals surface area contributed by atoms with E-state index in [4.69, 9.17) is 0 Å². The highest BCUT2D eigenvalue weighted by molar-refractivity contribution is 9.10. The second kappa shape index (κ2) is 6.06. The molecule has 3 aromatic rings. The molecule has 1 heterocycles. The van der Waals surface area contributed by atoms with Gasteiger partial charge in [0.1, 0.15) is 0 Å². The molecule has 1 N–H and O–H groups in total. The van der Waals surface area contributed by atoms with E-state index in [1.807, 2.05) is 48.5 Å². The molecule has 3 nitrogen and oxygen atoms in total. The van der Waals surface area contributed by atoms with Crippen LogP contribution >= 0.6 is 15.9 Å². The number of rotatable bonds is 3. The number of pyridine rings is 1. The van der Waals surface area contributed by atoms with Crippen molar-refractivity contribution in [2.75, 3.05) is 0 Å². The standard InChI is InChI=1S/C17H13BrN2O/c18-16-8-2-5-13-14(16)6-1-7-15(13)17(21)20-11-12-4-3-9-19-10-12/h1-10H,11H2,(H,20,21). The normalized spacial score (nSPS) is 10.5. The van der Waals surface area contributed by atoms with Crippen LogP contribution in [0.4, 0.5) is 0 Å². The van der Waals surface area contributed by atoms with Crippen molar-refractivity contribution in [2.24, 2.45) is 0 Å². The molecule has 0 radical (unpaired) electrons. The minimum absolute atomic E-state index is 0.0810. The number of aromatic nitrogens is 1. The maximum atomic E-state index is 12.4. The molecular weight excluding hydrogens is 328 g/mol. The Morgan fingerprint density at radius 2 is 1.86 bits per heavy atom. The Hall–Kier alpha value is -2.20. The van der Waals surface area contributed by atoms with Crippen LogP contribution in [-0.2, 0) is 6.54 Å². The minimum atomic E-state index is -0.0810. The third-order valence-electron chi connectivity index (χ3n) is 3.29. The van der Waals surface area contributed by atoms with E-state index in [2.05, 4.69) is 26.2 Å². The van der Waals surface area contributed by atoms with Crippen molar-refractivity contribution in [2.45, 2.75) is 6.54 Å². The van der Waals surface area contributed by atoms with Gasteiger partial charge in [0.25, 0.3) is 5.91 Å². The van der Waals surface area contributed by atoms with Gasteiger partial charge in [-0.25, -0.2) is 0 Å². The van der Waals surface area contributed by atoms with Gasteiger partial charge in [0, 0.05) is 29.0 Å². The van der Waals surface area contributed by atoms with Gasteiger partial charge in [-0.1, -0.05) is 46.3 Å². The molecule has 1 amide bonds. The predicted molar refractivity (Wildman–Crippen MR) is 87.1 cm³/mol. The fourth-order valence-corrected chi connectivity index (χ4v) is 2.75. The number of hydrogen-bond acceptors (Lipinski definition) is 2. The molecule has 0 aliphatic carbocycles. The molecule has 0 spiro atoms. The highest BCUT2D eigenvalue weighted by Crippen LogP contribution is 2.26. The summed E-state index contributed by atoms with van der Waals surface area (Å²) in [7, 11) is 0. The van der Waals surface area contributed by atoms with Crippen molar-refractivity contribution in [3.8, 4) is 0 Å². The quantitative estimate of drug-likeness (QED) is 0.784. The lowest BCUT2D eigenvalue weighted by molar-refractivity contribution is 0.0952. The number of nitrogens with one attached hydrogen (secondary N) is 1. The lowest BCUT2D eigenvalue weighted by Gasteiger charge is -2.09. The van der Waals surface area contributed by atoms with Gasteiger partial charge in [-0.05, 0) is 34.5 Å². The molecule has 1 aromatic heterocycles. The number of carbonyl (C=O) groups is 1. The van der Waals surface area contributed by atoms with Crippen LogP contribution in [0.3, 0.4) is 0 Å². The van der Waals surface area contributed by atoms with Gasteiger partial charge in [-0.2, -0.15) is 0 Å². The zero-order chi connectivity index (χ0) is 14.7. The highest BCUT2D eigenvalue weighted by atomic mass is 79.9. The Bertz CT molecular complexity index is 787. The number of fused-ring (bicyclic) bond motifs is 1. The molecule has 0 atom stereocenters. The van der Waals surface area contributed by atoms with Crippen LogP contribution in [0, 0.1) is 0 Å². The maximum absolute atomic E-state index is 12.4. The van der Waals surface area contributed by atoms with Crippen LogP contribution in [0.2, 0.25) is 0 Å². The van der Waals surface area contributed by atoms with Crippen molar-refractivity contribution in [3.63, 3.8) is 0 Å². The summed E-state index contributed by atoms with van der Waals surface area (Å²) in [5.41, 5.74) is 1.66. The van der Waals surface area contributed by atoms with Crippen LogP contribution in [0.25, 0.3) is 10.8 Å². The topological polar surface area (TPSA) is 42.0 Å². The molecule has 0 unspecified atom stereocenters. The summed E-state index contributed by atoms with van der Waals surface area (Å²) in [6.07, 6.45) is 3.47. The first-order chi connectivity index (χ1) is 10.3. The van der Waals surface area contributed by atoms with Crippen molar-refractivity contribution >= 4 is 32.6 Å². The first-order valence-corrected chi connectivity index (χ1v) is 7.39. The molecule has 21 heavy (non-hydrogen) atoms. The van der Waals surface area contributed by atoms with Crippen LogP contribution in [0.1, 0.15) is 15.9 Å². The van der Waals surface area contributed by atoms with Gasteiger partial charge in [0.05, 0.1) is 0 Å². The molecule has 0 saturated carbocycles. The summed E-state index contributed by atoms with van der Waals surface area (Å²) in [6.45, 7) is 0.469. The maximum Gasteiger partial charge on any atom is 0.252 e. The molecule has 3 rings (SSSR count). The average Bonchev–Trinajstić information content (AvgIpc) is 2.53. The Morgan fingerprint density at radius 1 is 1.05 bits per heavy atom. The molecule has 0 bridgehead atoms.